The van der Waals surface area contributed by atoms with Crippen molar-refractivity contribution in [3.8, 4) is 0 Å². The Labute approximate surface area is 106 Å². The number of hydrogen-bond acceptors (Lipinski definition) is 4. The molecule has 1 aliphatic rings. The first-order chi connectivity index (χ1) is 8.63. The SMILES string of the molecule is Cc1cccc(N2CCC(CCO)C2)c1[N+](=O)[O-]. The molecule has 0 saturated carbocycles. The number of anilines is 1. The van der Waals surface area contributed by atoms with Crippen LogP contribution in [0.1, 0.15) is 18.4 Å². The molecule has 1 fully saturated rings. The van der Waals surface area contributed by atoms with Gasteiger partial charge in [-0.25, -0.2) is 0 Å². The highest BCUT2D eigenvalue weighted by Gasteiger charge is 2.28. The van der Waals surface area contributed by atoms with E-state index in [4.69, 9.17) is 5.11 Å². The Hall–Kier alpha value is -1.62. The fourth-order valence-electron chi connectivity index (χ4n) is 2.61. The van der Waals surface area contributed by atoms with Crippen LogP contribution in [0.25, 0.3) is 0 Å². The second-order valence-electron chi connectivity index (χ2n) is 4.81. The minimum absolute atomic E-state index is 0.189. The van der Waals surface area contributed by atoms with Crippen LogP contribution in [0.15, 0.2) is 18.2 Å². The number of aliphatic hydroxyl groups excluding tert-OH is 1. The van der Waals surface area contributed by atoms with E-state index >= 15 is 0 Å². The maximum absolute atomic E-state index is 11.1. The molecule has 0 amide bonds. The number of aryl methyl sites for hydroxylation is 1. The summed E-state index contributed by atoms with van der Waals surface area (Å²) in [7, 11) is 0. The van der Waals surface area contributed by atoms with Gasteiger partial charge in [0, 0.05) is 25.3 Å². The second-order valence-corrected chi connectivity index (χ2v) is 4.81. The molecule has 5 heteroatoms. The lowest BCUT2D eigenvalue weighted by molar-refractivity contribution is -0.384. The van der Waals surface area contributed by atoms with E-state index in [1.54, 1.807) is 13.0 Å². The Balaban J connectivity index is 2.24. The lowest BCUT2D eigenvalue weighted by Gasteiger charge is -2.19. The molecular weight excluding hydrogens is 232 g/mol. The molecule has 1 atom stereocenters. The first-order valence-corrected chi connectivity index (χ1v) is 6.23. The van der Waals surface area contributed by atoms with Crippen molar-refractivity contribution in [2.45, 2.75) is 19.8 Å². The Kier molecular flexibility index (Phi) is 3.81. The largest absolute Gasteiger partial charge is 0.396 e. The van der Waals surface area contributed by atoms with Gasteiger partial charge in [-0.3, -0.25) is 10.1 Å². The van der Waals surface area contributed by atoms with Crippen LogP contribution in [0.5, 0.6) is 0 Å². The van der Waals surface area contributed by atoms with Gasteiger partial charge in [-0.2, -0.15) is 0 Å². The average Bonchev–Trinajstić information content (AvgIpc) is 2.77. The molecule has 0 aliphatic carbocycles. The van der Waals surface area contributed by atoms with Crippen LogP contribution in [0.4, 0.5) is 11.4 Å². The summed E-state index contributed by atoms with van der Waals surface area (Å²) in [6.45, 7) is 3.58. The van der Waals surface area contributed by atoms with Crippen molar-refractivity contribution in [2.24, 2.45) is 5.92 Å². The van der Waals surface area contributed by atoms with Crippen LogP contribution < -0.4 is 4.90 Å². The zero-order chi connectivity index (χ0) is 13.1. The predicted octanol–water partition coefficient (Wildman–Crippen LogP) is 2.11. The normalized spacial score (nSPS) is 19.2. The van der Waals surface area contributed by atoms with E-state index in [1.807, 2.05) is 12.1 Å². The van der Waals surface area contributed by atoms with Gasteiger partial charge in [-0.1, -0.05) is 12.1 Å². The molecule has 1 N–H and O–H groups in total. The molecule has 1 saturated heterocycles. The highest BCUT2D eigenvalue weighted by molar-refractivity contribution is 5.67. The Morgan fingerprint density at radius 3 is 3.00 bits per heavy atom. The summed E-state index contributed by atoms with van der Waals surface area (Å²) in [6.07, 6.45) is 1.77. The monoisotopic (exact) mass is 250 g/mol. The average molecular weight is 250 g/mol. The number of benzene rings is 1. The predicted molar refractivity (Wildman–Crippen MR) is 69.9 cm³/mol. The van der Waals surface area contributed by atoms with E-state index in [0.29, 0.717) is 17.2 Å². The standard InChI is InChI=1S/C13H18N2O3/c1-10-3-2-4-12(13(10)15(17)18)14-7-5-11(9-14)6-8-16/h2-4,11,16H,5-9H2,1H3. The topological polar surface area (TPSA) is 66.6 Å². The van der Waals surface area contributed by atoms with Crippen molar-refractivity contribution < 1.29 is 10.0 Å². The van der Waals surface area contributed by atoms with Crippen molar-refractivity contribution in [3.05, 3.63) is 33.9 Å². The summed E-state index contributed by atoms with van der Waals surface area (Å²) in [5.41, 5.74) is 1.62. The summed E-state index contributed by atoms with van der Waals surface area (Å²) in [5, 5.41) is 20.1. The molecule has 0 aromatic heterocycles. The lowest BCUT2D eigenvalue weighted by atomic mass is 10.1. The first kappa shape index (κ1) is 12.8. The van der Waals surface area contributed by atoms with Gasteiger partial charge in [-0.05, 0) is 31.7 Å². The molecule has 1 heterocycles. The van der Waals surface area contributed by atoms with Crippen molar-refractivity contribution in [1.82, 2.24) is 0 Å². The third-order valence-electron chi connectivity index (χ3n) is 3.56. The minimum atomic E-state index is -0.302. The van der Waals surface area contributed by atoms with Crippen LogP contribution in [0.3, 0.4) is 0 Å². The quantitative estimate of drug-likeness (QED) is 0.656. The Bertz CT molecular complexity index is 448. The van der Waals surface area contributed by atoms with Gasteiger partial charge in [0.05, 0.1) is 4.92 Å². The van der Waals surface area contributed by atoms with Crippen LogP contribution in [-0.4, -0.2) is 29.7 Å². The van der Waals surface area contributed by atoms with E-state index < -0.39 is 0 Å². The fourth-order valence-corrected chi connectivity index (χ4v) is 2.61. The molecular formula is C13H18N2O3. The summed E-state index contributed by atoms with van der Waals surface area (Å²) in [5.74, 6) is 0.440. The van der Waals surface area contributed by atoms with Crippen molar-refractivity contribution >= 4 is 11.4 Å². The number of nitro groups is 1. The van der Waals surface area contributed by atoms with E-state index in [-0.39, 0.29) is 17.2 Å². The zero-order valence-corrected chi connectivity index (χ0v) is 10.5. The molecule has 5 nitrogen and oxygen atoms in total. The smallest absolute Gasteiger partial charge is 0.295 e. The van der Waals surface area contributed by atoms with Crippen LogP contribution in [0, 0.1) is 23.0 Å². The van der Waals surface area contributed by atoms with Crippen LogP contribution in [0.2, 0.25) is 0 Å². The van der Waals surface area contributed by atoms with Gasteiger partial charge in [0.25, 0.3) is 5.69 Å². The number of para-hydroxylation sites is 1. The number of nitrogens with zero attached hydrogens (tertiary/aromatic N) is 2. The second kappa shape index (κ2) is 5.35. The molecule has 0 radical (unpaired) electrons. The molecule has 0 spiro atoms. The van der Waals surface area contributed by atoms with Gasteiger partial charge in [0.1, 0.15) is 5.69 Å². The van der Waals surface area contributed by atoms with Crippen molar-refractivity contribution in [3.63, 3.8) is 0 Å². The zero-order valence-electron chi connectivity index (χ0n) is 10.5. The van der Waals surface area contributed by atoms with Gasteiger partial charge in [-0.15, -0.1) is 0 Å². The van der Waals surface area contributed by atoms with Gasteiger partial charge in [0.15, 0.2) is 0 Å². The van der Waals surface area contributed by atoms with Gasteiger partial charge < -0.3 is 10.0 Å². The van der Waals surface area contributed by atoms with E-state index in [9.17, 15) is 10.1 Å². The highest BCUT2D eigenvalue weighted by atomic mass is 16.6. The highest BCUT2D eigenvalue weighted by Crippen LogP contribution is 2.34. The summed E-state index contributed by atoms with van der Waals surface area (Å²) >= 11 is 0. The summed E-state index contributed by atoms with van der Waals surface area (Å²) in [6, 6.07) is 5.44. The van der Waals surface area contributed by atoms with Crippen LogP contribution in [-0.2, 0) is 0 Å². The molecule has 1 aromatic rings. The third kappa shape index (κ3) is 2.46. The number of rotatable bonds is 4. The molecule has 1 unspecified atom stereocenters. The van der Waals surface area contributed by atoms with Crippen molar-refractivity contribution in [1.29, 1.82) is 0 Å². The molecule has 0 bridgehead atoms. The van der Waals surface area contributed by atoms with E-state index in [0.717, 1.165) is 25.9 Å². The van der Waals surface area contributed by atoms with E-state index in [2.05, 4.69) is 4.90 Å². The van der Waals surface area contributed by atoms with E-state index in [1.165, 1.54) is 0 Å². The maximum Gasteiger partial charge on any atom is 0.295 e. The first-order valence-electron chi connectivity index (χ1n) is 6.23. The van der Waals surface area contributed by atoms with Crippen molar-refractivity contribution in [2.75, 3.05) is 24.6 Å². The molecule has 98 valence electrons. The molecule has 1 aliphatic heterocycles. The fraction of sp³-hybridized carbons (Fsp3) is 0.538. The minimum Gasteiger partial charge on any atom is -0.396 e. The third-order valence-corrected chi connectivity index (χ3v) is 3.56. The number of nitro benzene ring substituents is 1. The lowest BCUT2D eigenvalue weighted by Crippen LogP contribution is -2.21. The molecule has 18 heavy (non-hydrogen) atoms. The number of aliphatic hydroxyl groups is 1. The van der Waals surface area contributed by atoms with Gasteiger partial charge in [0.2, 0.25) is 0 Å². The van der Waals surface area contributed by atoms with Gasteiger partial charge >= 0.3 is 0 Å². The Morgan fingerprint density at radius 1 is 1.56 bits per heavy atom. The molecule has 2 rings (SSSR count). The Morgan fingerprint density at radius 2 is 2.33 bits per heavy atom. The van der Waals surface area contributed by atoms with Crippen LogP contribution >= 0.6 is 0 Å². The summed E-state index contributed by atoms with van der Waals surface area (Å²) in [4.78, 5) is 12.9. The molecule has 1 aromatic carbocycles. The number of hydrogen-bond donors (Lipinski definition) is 1. The summed E-state index contributed by atoms with van der Waals surface area (Å²) < 4.78 is 0. The maximum atomic E-state index is 11.1.